The van der Waals surface area contributed by atoms with Crippen LogP contribution in [0.25, 0.3) is 0 Å². The molecule has 0 rings (SSSR count). The van der Waals surface area contributed by atoms with Gasteiger partial charge in [-0.15, -0.1) is 0 Å². The molecule has 0 aromatic heterocycles. The zero-order valence-electron chi connectivity index (χ0n) is 11.8. The van der Waals surface area contributed by atoms with Crippen molar-refractivity contribution in [1.82, 2.24) is 5.32 Å². The number of Topliss-reactive ketones (excluding diaryl/α,β-unsaturated/α-hetero) is 1. The Morgan fingerprint density at radius 3 is 2.10 bits per heavy atom. The fraction of sp³-hybridized carbons (Fsp3) is 0.800. The standard InChI is InChI=1S/C10H22NO8P/c1-6(12)9(11-7(2)13)10(15)8(14)5-19-20(16,17-3)18-4/h6,9-10,12,15-16,20H,5H2,1-4H3,(H,11,13)/t6-,9-,10+/m0/s1. The van der Waals surface area contributed by atoms with E-state index in [-0.39, 0.29) is 0 Å². The molecule has 1 amide bonds. The van der Waals surface area contributed by atoms with Gasteiger partial charge in [0.15, 0.2) is 0 Å². The summed E-state index contributed by atoms with van der Waals surface area (Å²) in [6.45, 7) is 1.81. The number of ketones is 1. The van der Waals surface area contributed by atoms with Crippen LogP contribution >= 0.6 is 8.17 Å². The second kappa shape index (κ2) is 8.58. The second-order valence-corrected chi connectivity index (χ2v) is 6.25. The molecule has 0 heterocycles. The van der Waals surface area contributed by atoms with Crippen LogP contribution in [0, 0.1) is 0 Å². The molecule has 9 nitrogen and oxygen atoms in total. The molecular formula is C10H22NO8P. The third-order valence-electron chi connectivity index (χ3n) is 2.47. The number of rotatable bonds is 9. The molecule has 0 fully saturated rings. The van der Waals surface area contributed by atoms with Crippen LogP contribution in [0.4, 0.5) is 0 Å². The number of aliphatic hydroxyl groups excluding tert-OH is 2. The molecule has 0 bridgehead atoms. The maximum atomic E-state index is 11.7. The molecule has 20 heavy (non-hydrogen) atoms. The van der Waals surface area contributed by atoms with E-state index in [1.54, 1.807) is 0 Å². The summed E-state index contributed by atoms with van der Waals surface area (Å²) in [5.74, 6) is -1.35. The number of carbonyl (C=O) groups excluding carboxylic acids is 2. The predicted octanol–water partition coefficient (Wildman–Crippen LogP) is -1.49. The van der Waals surface area contributed by atoms with E-state index in [0.717, 1.165) is 14.2 Å². The zero-order valence-corrected chi connectivity index (χ0v) is 12.8. The summed E-state index contributed by atoms with van der Waals surface area (Å²) in [4.78, 5) is 32.2. The topological polar surface area (TPSA) is 135 Å². The van der Waals surface area contributed by atoms with Crippen molar-refractivity contribution in [3.63, 3.8) is 0 Å². The number of hydrogen-bond acceptors (Lipinski definition) is 8. The Bertz CT molecular complexity index is 333. The Morgan fingerprint density at radius 2 is 1.75 bits per heavy atom. The van der Waals surface area contributed by atoms with Gasteiger partial charge in [0.1, 0.15) is 0 Å². The molecule has 0 aliphatic carbocycles. The molecule has 0 unspecified atom stereocenters. The summed E-state index contributed by atoms with van der Waals surface area (Å²) in [6, 6.07) is -1.18. The normalized spacial score (nSPS) is 17.1. The second-order valence-electron chi connectivity index (χ2n) is 4.10. The molecule has 0 aliphatic heterocycles. The van der Waals surface area contributed by atoms with Crippen LogP contribution in [0.3, 0.4) is 0 Å². The van der Waals surface area contributed by atoms with E-state index < -0.39 is 44.7 Å². The predicted molar refractivity (Wildman–Crippen MR) is 70.8 cm³/mol. The van der Waals surface area contributed by atoms with Crippen molar-refractivity contribution in [2.75, 3.05) is 20.8 Å². The minimum absolute atomic E-state index is 0.511. The first-order chi connectivity index (χ1) is 9.16. The van der Waals surface area contributed by atoms with Gasteiger partial charge in [-0.25, -0.2) is 0 Å². The van der Waals surface area contributed by atoms with Gasteiger partial charge in [-0.1, -0.05) is 0 Å². The molecule has 10 heteroatoms. The fourth-order valence-electron chi connectivity index (χ4n) is 1.35. The van der Waals surface area contributed by atoms with Crippen molar-refractivity contribution in [3.05, 3.63) is 0 Å². The van der Waals surface area contributed by atoms with Gasteiger partial charge in [-0.3, -0.25) is 0 Å². The molecular weight excluding hydrogens is 293 g/mol. The Kier molecular flexibility index (Phi) is 8.29. The van der Waals surface area contributed by atoms with Gasteiger partial charge < -0.3 is 0 Å². The minimum atomic E-state index is -3.88. The van der Waals surface area contributed by atoms with Crippen molar-refractivity contribution in [2.45, 2.75) is 32.1 Å². The van der Waals surface area contributed by atoms with Crippen LogP contribution in [-0.2, 0) is 23.2 Å². The van der Waals surface area contributed by atoms with E-state index >= 15 is 0 Å². The molecule has 0 radical (unpaired) electrons. The summed E-state index contributed by atoms with van der Waals surface area (Å²) in [7, 11) is -1.59. The van der Waals surface area contributed by atoms with Gasteiger partial charge >= 0.3 is 116 Å². The summed E-state index contributed by atoms with van der Waals surface area (Å²) >= 11 is 0. The van der Waals surface area contributed by atoms with Crippen LogP contribution in [0.1, 0.15) is 13.8 Å². The van der Waals surface area contributed by atoms with E-state index in [9.17, 15) is 24.7 Å². The van der Waals surface area contributed by atoms with Gasteiger partial charge in [0, 0.05) is 0 Å². The van der Waals surface area contributed by atoms with Crippen molar-refractivity contribution >= 4 is 19.9 Å². The average Bonchev–Trinajstić information content (AvgIpc) is 2.40. The van der Waals surface area contributed by atoms with E-state index in [0.29, 0.717) is 0 Å². The molecule has 0 saturated carbocycles. The van der Waals surface area contributed by atoms with Crippen LogP contribution in [0.5, 0.6) is 0 Å². The number of hydrogen-bond donors (Lipinski definition) is 4. The van der Waals surface area contributed by atoms with E-state index in [1.807, 2.05) is 0 Å². The summed E-state index contributed by atoms with van der Waals surface area (Å²) in [5, 5.41) is 21.5. The van der Waals surface area contributed by atoms with E-state index in [2.05, 4.69) is 14.4 Å². The van der Waals surface area contributed by atoms with Crippen LogP contribution in [0.2, 0.25) is 0 Å². The van der Waals surface area contributed by atoms with E-state index in [4.69, 9.17) is 4.52 Å². The van der Waals surface area contributed by atoms with Gasteiger partial charge in [0.2, 0.25) is 0 Å². The van der Waals surface area contributed by atoms with Crippen LogP contribution in [-0.4, -0.2) is 65.9 Å². The SMILES string of the molecule is CO[PH](O)(OC)OCC(=O)[C@@H](O)[C@@H](NC(C)=O)[C@H](C)O. The monoisotopic (exact) mass is 315 g/mol. The van der Waals surface area contributed by atoms with Gasteiger partial charge in [-0.2, -0.15) is 0 Å². The van der Waals surface area contributed by atoms with Gasteiger partial charge in [0.25, 0.3) is 0 Å². The number of nitrogens with one attached hydrogen (secondary N) is 1. The summed E-state index contributed by atoms with van der Waals surface area (Å²) in [5.41, 5.74) is 0. The molecule has 0 saturated heterocycles. The zero-order chi connectivity index (χ0) is 15.9. The van der Waals surface area contributed by atoms with Crippen LogP contribution in [0.15, 0.2) is 0 Å². The molecule has 3 atom stereocenters. The third kappa shape index (κ3) is 6.19. The van der Waals surface area contributed by atoms with Crippen molar-refractivity contribution in [1.29, 1.82) is 0 Å². The van der Waals surface area contributed by atoms with Gasteiger partial charge in [-0.05, 0) is 0 Å². The van der Waals surface area contributed by atoms with Crippen LogP contribution < -0.4 is 5.32 Å². The Balaban J connectivity index is 4.62. The number of amides is 1. The first kappa shape index (κ1) is 19.3. The fourth-order valence-corrected chi connectivity index (χ4v) is 2.07. The Morgan fingerprint density at radius 1 is 1.25 bits per heavy atom. The average molecular weight is 315 g/mol. The summed E-state index contributed by atoms with van der Waals surface area (Å²) < 4.78 is 14.0. The van der Waals surface area contributed by atoms with Crippen molar-refractivity contribution in [2.24, 2.45) is 0 Å². The maximum absolute atomic E-state index is 11.7. The van der Waals surface area contributed by atoms with Crippen molar-refractivity contribution in [3.8, 4) is 0 Å². The molecule has 0 spiro atoms. The molecule has 120 valence electrons. The summed E-state index contributed by atoms with van der Waals surface area (Å²) in [6.07, 6.45) is -2.84. The van der Waals surface area contributed by atoms with Crippen molar-refractivity contribution < 1.29 is 38.3 Å². The number of carbonyl (C=O) groups is 2. The Labute approximate surface area is 117 Å². The van der Waals surface area contributed by atoms with E-state index in [1.165, 1.54) is 13.8 Å². The Hall–Kier alpha value is -0.670. The first-order valence-corrected chi connectivity index (χ1v) is 7.46. The molecule has 4 N–H and O–H groups in total. The molecule has 0 aromatic carbocycles. The quantitative estimate of drug-likeness (QED) is 0.378. The molecule has 0 aromatic rings. The third-order valence-corrected chi connectivity index (χ3v) is 4.01. The molecule has 0 aliphatic rings. The van der Waals surface area contributed by atoms with Gasteiger partial charge in [0.05, 0.1) is 0 Å². The number of aliphatic hydroxyl groups is 2. The first-order valence-electron chi connectivity index (χ1n) is 5.79.